The Morgan fingerprint density at radius 1 is 1.05 bits per heavy atom. The van der Waals surface area contributed by atoms with Crippen LogP contribution in [-0.4, -0.2) is 14.2 Å². The molecule has 2 nitrogen and oxygen atoms in total. The number of rotatable bonds is 3. The van der Waals surface area contributed by atoms with Crippen LogP contribution in [0.1, 0.15) is 6.42 Å². The SMILES string of the molecule is O=S(=O)(CC1=CC2C=CC=CC1C2)c1ccccc1. The minimum atomic E-state index is -3.22. The maximum atomic E-state index is 12.4. The number of hydrogen-bond acceptors (Lipinski definition) is 2. The van der Waals surface area contributed by atoms with E-state index in [9.17, 15) is 8.42 Å². The molecule has 0 aromatic heterocycles. The molecule has 2 bridgehead atoms. The van der Waals surface area contributed by atoms with Crippen molar-refractivity contribution >= 4 is 9.84 Å². The molecule has 0 radical (unpaired) electrons. The Labute approximate surface area is 114 Å². The van der Waals surface area contributed by atoms with Crippen LogP contribution in [0.2, 0.25) is 0 Å². The zero-order valence-electron chi connectivity index (χ0n) is 10.6. The van der Waals surface area contributed by atoms with E-state index in [2.05, 4.69) is 18.2 Å². The van der Waals surface area contributed by atoms with E-state index >= 15 is 0 Å². The van der Waals surface area contributed by atoms with Gasteiger partial charge in [0.1, 0.15) is 0 Å². The summed E-state index contributed by atoms with van der Waals surface area (Å²) in [6, 6.07) is 8.69. The zero-order chi connectivity index (χ0) is 13.3. The first kappa shape index (κ1) is 12.4. The van der Waals surface area contributed by atoms with Crippen LogP contribution < -0.4 is 0 Å². The number of sulfone groups is 1. The fraction of sp³-hybridized carbons (Fsp3) is 0.250. The number of benzene rings is 1. The van der Waals surface area contributed by atoms with Gasteiger partial charge in [0, 0.05) is 0 Å². The number of fused-ring (bicyclic) bond motifs is 2. The third-order valence-electron chi connectivity index (χ3n) is 3.70. The van der Waals surface area contributed by atoms with E-state index in [1.807, 2.05) is 18.2 Å². The van der Waals surface area contributed by atoms with E-state index in [1.54, 1.807) is 24.3 Å². The van der Waals surface area contributed by atoms with Crippen LogP contribution in [-0.2, 0) is 9.84 Å². The van der Waals surface area contributed by atoms with Crippen LogP contribution in [0, 0.1) is 11.8 Å². The molecule has 0 fully saturated rings. The third-order valence-corrected chi connectivity index (χ3v) is 5.41. The van der Waals surface area contributed by atoms with Crippen LogP contribution >= 0.6 is 0 Å². The average molecular weight is 272 g/mol. The Hall–Kier alpha value is -1.61. The Morgan fingerprint density at radius 2 is 1.79 bits per heavy atom. The molecule has 0 aliphatic heterocycles. The van der Waals surface area contributed by atoms with Gasteiger partial charge in [0.2, 0.25) is 0 Å². The molecular weight excluding hydrogens is 256 g/mol. The largest absolute Gasteiger partial charge is 0.223 e. The van der Waals surface area contributed by atoms with Crippen molar-refractivity contribution in [3.05, 3.63) is 66.3 Å². The highest BCUT2D eigenvalue weighted by atomic mass is 32.2. The van der Waals surface area contributed by atoms with Crippen molar-refractivity contribution in [3.8, 4) is 0 Å². The maximum absolute atomic E-state index is 12.4. The summed E-state index contributed by atoms with van der Waals surface area (Å²) in [6.45, 7) is 0. The second kappa shape index (κ2) is 4.82. The summed E-state index contributed by atoms with van der Waals surface area (Å²) in [5, 5.41) is 0. The predicted molar refractivity (Wildman–Crippen MR) is 76.5 cm³/mol. The molecule has 0 spiro atoms. The van der Waals surface area contributed by atoms with E-state index in [0.29, 0.717) is 10.8 Å². The van der Waals surface area contributed by atoms with Crippen LogP contribution in [0.25, 0.3) is 0 Å². The van der Waals surface area contributed by atoms with Gasteiger partial charge in [0.05, 0.1) is 10.6 Å². The topological polar surface area (TPSA) is 34.1 Å². The van der Waals surface area contributed by atoms with Crippen molar-refractivity contribution in [3.63, 3.8) is 0 Å². The van der Waals surface area contributed by atoms with Crippen LogP contribution in [0.4, 0.5) is 0 Å². The van der Waals surface area contributed by atoms with Crippen LogP contribution in [0.5, 0.6) is 0 Å². The highest BCUT2D eigenvalue weighted by Gasteiger charge is 2.28. The van der Waals surface area contributed by atoms with E-state index in [-0.39, 0.29) is 11.7 Å². The summed E-state index contributed by atoms with van der Waals surface area (Å²) in [5.41, 5.74) is 1.04. The molecule has 1 aromatic carbocycles. The van der Waals surface area contributed by atoms with Crippen molar-refractivity contribution in [2.45, 2.75) is 11.3 Å². The third kappa shape index (κ3) is 2.56. The molecule has 0 N–H and O–H groups in total. The summed E-state index contributed by atoms with van der Waals surface area (Å²) < 4.78 is 24.8. The Bertz CT molecular complexity index is 651. The summed E-state index contributed by atoms with van der Waals surface area (Å²) >= 11 is 0. The van der Waals surface area contributed by atoms with Gasteiger partial charge in [-0.25, -0.2) is 8.42 Å². The predicted octanol–water partition coefficient (Wildman–Crippen LogP) is 3.15. The molecule has 0 saturated heterocycles. The van der Waals surface area contributed by atoms with Gasteiger partial charge >= 0.3 is 0 Å². The van der Waals surface area contributed by atoms with E-state index < -0.39 is 9.84 Å². The van der Waals surface area contributed by atoms with Crippen molar-refractivity contribution in [1.82, 2.24) is 0 Å². The van der Waals surface area contributed by atoms with E-state index in [0.717, 1.165) is 12.0 Å². The van der Waals surface area contributed by atoms with Crippen molar-refractivity contribution < 1.29 is 8.42 Å². The standard InChI is InChI=1S/C16H16O2S/c17-19(18,16-8-2-1-3-9-16)12-15-11-13-6-4-5-7-14(15)10-13/h1-9,11,13-14H,10,12H2. The average Bonchev–Trinajstić information content (AvgIpc) is 2.61. The number of hydrogen-bond donors (Lipinski definition) is 0. The van der Waals surface area contributed by atoms with Gasteiger partial charge in [-0.3, -0.25) is 0 Å². The summed E-state index contributed by atoms with van der Waals surface area (Å²) in [4.78, 5) is 0.412. The highest BCUT2D eigenvalue weighted by molar-refractivity contribution is 7.91. The smallest absolute Gasteiger partial charge is 0.182 e. The number of allylic oxidation sites excluding steroid dienone is 5. The first-order valence-corrected chi connectivity index (χ1v) is 8.14. The minimum Gasteiger partial charge on any atom is -0.223 e. The summed E-state index contributed by atoms with van der Waals surface area (Å²) in [5.74, 6) is 0.801. The van der Waals surface area contributed by atoms with Crippen LogP contribution in [0.3, 0.4) is 0 Å². The molecule has 2 aliphatic carbocycles. The zero-order valence-corrected chi connectivity index (χ0v) is 11.4. The van der Waals surface area contributed by atoms with Gasteiger partial charge in [-0.2, -0.15) is 0 Å². The van der Waals surface area contributed by atoms with E-state index in [4.69, 9.17) is 0 Å². The van der Waals surface area contributed by atoms with E-state index in [1.165, 1.54) is 0 Å². The lowest BCUT2D eigenvalue weighted by Crippen LogP contribution is -2.12. The minimum absolute atomic E-state index is 0.135. The molecular formula is C16H16O2S. The van der Waals surface area contributed by atoms with Gasteiger partial charge in [-0.1, -0.05) is 54.2 Å². The fourth-order valence-corrected chi connectivity index (χ4v) is 4.23. The van der Waals surface area contributed by atoms with Gasteiger partial charge in [-0.15, -0.1) is 0 Å². The second-order valence-corrected chi connectivity index (χ2v) is 7.08. The lowest BCUT2D eigenvalue weighted by molar-refractivity contribution is 0.595. The first-order chi connectivity index (χ1) is 9.15. The molecule has 19 heavy (non-hydrogen) atoms. The molecule has 1 aromatic rings. The van der Waals surface area contributed by atoms with Crippen LogP contribution in [0.15, 0.2) is 71.2 Å². The Balaban J connectivity index is 1.87. The fourth-order valence-electron chi connectivity index (χ4n) is 2.74. The van der Waals surface area contributed by atoms with Crippen molar-refractivity contribution in [2.75, 3.05) is 5.75 Å². The second-order valence-electron chi connectivity index (χ2n) is 5.09. The lowest BCUT2D eigenvalue weighted by Gasteiger charge is -2.11. The molecule has 0 amide bonds. The summed E-state index contributed by atoms with van der Waals surface area (Å²) in [6.07, 6.45) is 11.4. The Kier molecular flexibility index (Phi) is 3.15. The molecule has 3 heteroatoms. The highest BCUT2D eigenvalue weighted by Crippen LogP contribution is 2.35. The molecule has 0 saturated carbocycles. The monoisotopic (exact) mass is 272 g/mol. The molecule has 0 heterocycles. The molecule has 2 unspecified atom stereocenters. The quantitative estimate of drug-likeness (QED) is 0.792. The van der Waals surface area contributed by atoms with Gasteiger partial charge in [0.25, 0.3) is 0 Å². The molecule has 2 atom stereocenters. The van der Waals surface area contributed by atoms with Crippen molar-refractivity contribution in [2.24, 2.45) is 11.8 Å². The summed E-state index contributed by atoms with van der Waals surface area (Å²) in [7, 11) is -3.22. The maximum Gasteiger partial charge on any atom is 0.182 e. The molecule has 98 valence electrons. The molecule has 2 aliphatic rings. The van der Waals surface area contributed by atoms with Crippen molar-refractivity contribution in [1.29, 1.82) is 0 Å². The lowest BCUT2D eigenvalue weighted by atomic mass is 10.0. The Morgan fingerprint density at radius 3 is 2.58 bits per heavy atom. The van der Waals surface area contributed by atoms with Gasteiger partial charge in [0.15, 0.2) is 9.84 Å². The normalized spacial score (nSPS) is 25.2. The van der Waals surface area contributed by atoms with Gasteiger partial charge in [-0.05, 0) is 30.4 Å². The van der Waals surface area contributed by atoms with Gasteiger partial charge < -0.3 is 0 Å². The molecule has 3 rings (SSSR count). The first-order valence-electron chi connectivity index (χ1n) is 6.48.